The van der Waals surface area contributed by atoms with Crippen LogP contribution in [0, 0.1) is 0 Å². The lowest BCUT2D eigenvalue weighted by Gasteiger charge is -2.10. The summed E-state index contributed by atoms with van der Waals surface area (Å²) in [4.78, 5) is 20.2. The van der Waals surface area contributed by atoms with Gasteiger partial charge in [0.05, 0.1) is 92.5 Å². The summed E-state index contributed by atoms with van der Waals surface area (Å²) < 4.78 is 23.1. The third kappa shape index (κ3) is 66.7. The Kier molecular flexibility index (Phi) is 55.5. The predicted molar refractivity (Wildman–Crippen MR) is 138 cm³/mol. The van der Waals surface area contributed by atoms with Crippen LogP contribution in [-0.4, -0.2) is 163 Å². The van der Waals surface area contributed by atoms with Gasteiger partial charge in [-0.2, -0.15) is 0 Å². The van der Waals surface area contributed by atoms with Crippen molar-refractivity contribution in [3.63, 3.8) is 0 Å². The highest BCUT2D eigenvalue weighted by atomic mass is 16.7. The Morgan fingerprint density at radius 1 is 0.641 bits per heavy atom. The lowest BCUT2D eigenvalue weighted by molar-refractivity contribution is -0.177. The van der Waals surface area contributed by atoms with E-state index in [2.05, 4.69) is 25.5 Å². The van der Waals surface area contributed by atoms with Crippen LogP contribution in [0.25, 0.3) is 0 Å². The van der Waals surface area contributed by atoms with Gasteiger partial charge in [0.25, 0.3) is 0 Å². The first kappa shape index (κ1) is 47.0. The van der Waals surface area contributed by atoms with Crippen molar-refractivity contribution in [2.45, 2.75) is 26.6 Å². The van der Waals surface area contributed by atoms with Crippen molar-refractivity contribution in [2.75, 3.05) is 99.1 Å². The van der Waals surface area contributed by atoms with Crippen molar-refractivity contribution in [1.29, 1.82) is 0 Å². The molecule has 238 valence electrons. The molecule has 0 aromatic heterocycles. The summed E-state index contributed by atoms with van der Waals surface area (Å²) in [5.41, 5.74) is 0.176. The largest absolute Gasteiger partial charge is 0.478 e. The number of hydrogen-bond acceptors (Lipinski definition) is 15. The van der Waals surface area contributed by atoms with Crippen LogP contribution in [0.5, 0.6) is 0 Å². The molecule has 0 rings (SSSR count). The standard InChI is InChI=1S/C7H14O5.3C4H10O3.C4H6O2/c1-2-6(9)12-7(10)5-11-4-3-8;3*5-1-3-7-4-2-6;1-3(2)4(5)6/h7-8,10H,2-5H2,1H3;3*5-6H,1-4H2;1H2,2H3,(H,5,6). The van der Waals surface area contributed by atoms with Crippen molar-refractivity contribution in [3.8, 4) is 0 Å². The fourth-order valence-electron chi connectivity index (χ4n) is 1.21. The van der Waals surface area contributed by atoms with E-state index in [0.29, 0.717) is 39.6 Å². The summed E-state index contributed by atoms with van der Waals surface area (Å²) in [5, 5.41) is 73.6. The van der Waals surface area contributed by atoms with Crippen molar-refractivity contribution < 1.29 is 79.2 Å². The maximum Gasteiger partial charge on any atom is 0.330 e. The topological polar surface area (TPSA) is 262 Å². The van der Waals surface area contributed by atoms with Crippen LogP contribution in [0.2, 0.25) is 0 Å². The molecule has 0 saturated carbocycles. The van der Waals surface area contributed by atoms with Gasteiger partial charge in [-0.25, -0.2) is 4.79 Å². The highest BCUT2D eigenvalue weighted by Gasteiger charge is 2.08. The van der Waals surface area contributed by atoms with E-state index >= 15 is 0 Å². The number of aliphatic hydroxyl groups is 8. The van der Waals surface area contributed by atoms with Crippen molar-refractivity contribution in [3.05, 3.63) is 12.2 Å². The second-order valence-corrected chi connectivity index (χ2v) is 6.36. The number of rotatable bonds is 19. The van der Waals surface area contributed by atoms with Crippen molar-refractivity contribution in [2.24, 2.45) is 0 Å². The summed E-state index contributed by atoms with van der Waals surface area (Å²) in [6.07, 6.45) is -1.01. The van der Waals surface area contributed by atoms with E-state index in [-0.39, 0.29) is 71.5 Å². The molecule has 0 radical (unpaired) electrons. The smallest absolute Gasteiger partial charge is 0.330 e. The van der Waals surface area contributed by atoms with Gasteiger partial charge in [0.15, 0.2) is 0 Å². The number of carbonyl (C=O) groups excluding carboxylic acids is 1. The molecule has 1 unspecified atom stereocenters. The minimum Gasteiger partial charge on any atom is -0.478 e. The van der Waals surface area contributed by atoms with Crippen LogP contribution in [0.4, 0.5) is 0 Å². The lowest BCUT2D eigenvalue weighted by atomic mass is 10.4. The Hall–Kier alpha value is -1.80. The molecule has 0 saturated heterocycles. The van der Waals surface area contributed by atoms with E-state index in [9.17, 15) is 9.59 Å². The normalized spacial score (nSPS) is 10.1. The average molecular weight is 583 g/mol. The fraction of sp³-hybridized carbons (Fsp3) is 0.826. The van der Waals surface area contributed by atoms with Gasteiger partial charge in [-0.1, -0.05) is 13.5 Å². The molecule has 0 fully saturated rings. The second-order valence-electron chi connectivity index (χ2n) is 6.36. The third-order valence-corrected chi connectivity index (χ3v) is 2.83. The molecule has 1 atom stereocenters. The van der Waals surface area contributed by atoms with E-state index in [1.165, 1.54) is 6.92 Å². The molecule has 16 nitrogen and oxygen atoms in total. The molecule has 9 N–H and O–H groups in total. The van der Waals surface area contributed by atoms with Crippen LogP contribution in [0.1, 0.15) is 20.3 Å². The van der Waals surface area contributed by atoms with Gasteiger partial charge in [0.1, 0.15) is 6.61 Å². The molecule has 0 aromatic rings. The summed E-state index contributed by atoms with van der Waals surface area (Å²) in [7, 11) is 0. The number of aliphatic hydroxyl groups excluding tert-OH is 8. The van der Waals surface area contributed by atoms with Crippen LogP contribution < -0.4 is 0 Å². The zero-order chi connectivity index (χ0) is 31.2. The molecular formula is C23H50O16. The monoisotopic (exact) mass is 582 g/mol. The van der Waals surface area contributed by atoms with Gasteiger partial charge < -0.3 is 69.6 Å². The first-order valence-electron chi connectivity index (χ1n) is 11.9. The SMILES string of the molecule is C=C(C)C(=O)O.CCC(=O)OC(O)COCCO.OCCOCCO.OCCOCCO.OCCOCCO. The highest BCUT2D eigenvalue weighted by molar-refractivity contribution is 5.84. The van der Waals surface area contributed by atoms with Gasteiger partial charge >= 0.3 is 11.9 Å². The molecule has 0 aliphatic rings. The average Bonchev–Trinajstić information content (AvgIpc) is 2.91. The molecule has 0 heterocycles. The van der Waals surface area contributed by atoms with E-state index < -0.39 is 18.2 Å². The number of esters is 1. The van der Waals surface area contributed by atoms with Gasteiger partial charge in [-0.15, -0.1) is 0 Å². The van der Waals surface area contributed by atoms with Crippen molar-refractivity contribution in [1.82, 2.24) is 0 Å². The van der Waals surface area contributed by atoms with Gasteiger partial charge in [-0.05, 0) is 6.92 Å². The summed E-state index contributed by atoms with van der Waals surface area (Å²) in [5.74, 6) is -1.41. The molecule has 0 bridgehead atoms. The Labute approximate surface area is 229 Å². The minimum absolute atomic E-state index is 0.0278. The molecule has 0 aliphatic heterocycles. The predicted octanol–water partition coefficient (Wildman–Crippen LogP) is -3.12. The second kappa shape index (κ2) is 46.1. The van der Waals surface area contributed by atoms with E-state index in [0.717, 1.165) is 0 Å². The Bertz CT molecular complexity index is 431. The van der Waals surface area contributed by atoms with Crippen molar-refractivity contribution >= 4 is 11.9 Å². The molecule has 0 aliphatic carbocycles. The van der Waals surface area contributed by atoms with Gasteiger partial charge in [0, 0.05) is 12.0 Å². The first-order chi connectivity index (χ1) is 18.6. The summed E-state index contributed by atoms with van der Waals surface area (Å²) in [6, 6.07) is 0. The number of carboxylic acid groups (broad SMARTS) is 1. The summed E-state index contributed by atoms with van der Waals surface area (Å²) >= 11 is 0. The number of hydrogen-bond donors (Lipinski definition) is 9. The highest BCUT2D eigenvalue weighted by Crippen LogP contribution is 1.92. The number of carbonyl (C=O) groups is 2. The molecular weight excluding hydrogens is 532 g/mol. The van der Waals surface area contributed by atoms with E-state index in [1.807, 2.05) is 0 Å². The van der Waals surface area contributed by atoms with E-state index in [4.69, 9.17) is 50.7 Å². The molecule has 0 amide bonds. The van der Waals surface area contributed by atoms with Crippen LogP contribution in [-0.2, 0) is 33.3 Å². The molecule has 0 spiro atoms. The maximum atomic E-state index is 10.6. The summed E-state index contributed by atoms with van der Waals surface area (Å²) in [6.45, 7) is 8.22. The number of aliphatic carboxylic acids is 1. The zero-order valence-corrected chi connectivity index (χ0v) is 23.0. The third-order valence-electron chi connectivity index (χ3n) is 2.83. The van der Waals surface area contributed by atoms with E-state index in [1.54, 1.807) is 6.92 Å². The maximum absolute atomic E-state index is 10.6. The van der Waals surface area contributed by atoms with Gasteiger partial charge in [0.2, 0.25) is 6.29 Å². The molecule has 39 heavy (non-hydrogen) atoms. The number of carboxylic acids is 1. The number of ether oxygens (including phenoxy) is 5. The molecule has 16 heteroatoms. The lowest BCUT2D eigenvalue weighted by Crippen LogP contribution is -2.23. The fourth-order valence-corrected chi connectivity index (χ4v) is 1.21. The quantitative estimate of drug-likeness (QED) is 0.0315. The first-order valence-corrected chi connectivity index (χ1v) is 11.9. The Morgan fingerprint density at radius 2 is 0.897 bits per heavy atom. The Morgan fingerprint density at radius 3 is 1.10 bits per heavy atom. The molecule has 0 aromatic carbocycles. The Balaban J connectivity index is -0.000000127. The zero-order valence-electron chi connectivity index (χ0n) is 23.0. The van der Waals surface area contributed by atoms with Crippen LogP contribution in [0.15, 0.2) is 12.2 Å². The minimum atomic E-state index is -1.23. The van der Waals surface area contributed by atoms with Crippen LogP contribution >= 0.6 is 0 Å². The van der Waals surface area contributed by atoms with Crippen LogP contribution in [0.3, 0.4) is 0 Å². The van der Waals surface area contributed by atoms with Gasteiger partial charge in [-0.3, -0.25) is 4.79 Å².